The van der Waals surface area contributed by atoms with Crippen molar-refractivity contribution in [3.8, 4) is 11.1 Å². The third-order valence-electron chi connectivity index (χ3n) is 2.56. The van der Waals surface area contributed by atoms with E-state index < -0.39 is 5.60 Å². The standard InChI is InChI=1S/C16H16ClNO2/c1-16(2,3)20-15(19)12-6-4-11(5-7-12)13-8-14(17)10-18-9-13/h4-10H,1-3H3. The Morgan fingerprint density at radius 3 is 2.30 bits per heavy atom. The molecule has 1 aromatic heterocycles. The van der Waals surface area contributed by atoms with Crippen LogP contribution in [0.15, 0.2) is 42.7 Å². The van der Waals surface area contributed by atoms with E-state index in [9.17, 15) is 4.79 Å². The van der Waals surface area contributed by atoms with Gasteiger partial charge in [-0.25, -0.2) is 4.79 Å². The van der Waals surface area contributed by atoms with Crippen molar-refractivity contribution < 1.29 is 9.53 Å². The molecule has 0 amide bonds. The summed E-state index contributed by atoms with van der Waals surface area (Å²) in [5.74, 6) is -0.326. The highest BCUT2D eigenvalue weighted by Gasteiger charge is 2.17. The van der Waals surface area contributed by atoms with E-state index in [1.807, 2.05) is 39.0 Å². The van der Waals surface area contributed by atoms with E-state index in [0.717, 1.165) is 11.1 Å². The van der Waals surface area contributed by atoms with Gasteiger partial charge in [0.05, 0.1) is 10.6 Å². The predicted molar refractivity (Wildman–Crippen MR) is 79.9 cm³/mol. The molecule has 104 valence electrons. The number of hydrogen-bond acceptors (Lipinski definition) is 3. The van der Waals surface area contributed by atoms with E-state index in [1.54, 1.807) is 24.5 Å². The molecule has 3 nitrogen and oxygen atoms in total. The summed E-state index contributed by atoms with van der Waals surface area (Å²) in [7, 11) is 0. The molecule has 0 aliphatic carbocycles. The van der Waals surface area contributed by atoms with E-state index in [1.165, 1.54) is 0 Å². The highest BCUT2D eigenvalue weighted by Crippen LogP contribution is 2.22. The van der Waals surface area contributed by atoms with E-state index in [0.29, 0.717) is 10.6 Å². The van der Waals surface area contributed by atoms with Crippen molar-refractivity contribution in [2.45, 2.75) is 26.4 Å². The number of benzene rings is 1. The van der Waals surface area contributed by atoms with Crippen LogP contribution in [-0.2, 0) is 4.74 Å². The van der Waals surface area contributed by atoms with Gasteiger partial charge in [-0.15, -0.1) is 0 Å². The fraction of sp³-hybridized carbons (Fsp3) is 0.250. The zero-order chi connectivity index (χ0) is 14.8. The van der Waals surface area contributed by atoms with Crippen LogP contribution >= 0.6 is 11.6 Å². The molecule has 2 aromatic rings. The Morgan fingerprint density at radius 1 is 1.10 bits per heavy atom. The number of halogens is 1. The monoisotopic (exact) mass is 289 g/mol. The first-order chi connectivity index (χ1) is 9.35. The second kappa shape index (κ2) is 5.63. The van der Waals surface area contributed by atoms with Gasteiger partial charge >= 0.3 is 5.97 Å². The number of hydrogen-bond donors (Lipinski definition) is 0. The van der Waals surface area contributed by atoms with Gasteiger partial charge < -0.3 is 4.74 Å². The second-order valence-corrected chi connectivity index (χ2v) is 5.91. The predicted octanol–water partition coefficient (Wildman–Crippen LogP) is 4.36. The van der Waals surface area contributed by atoms with Crippen molar-refractivity contribution in [1.82, 2.24) is 4.98 Å². The maximum Gasteiger partial charge on any atom is 0.338 e. The molecule has 0 unspecified atom stereocenters. The van der Waals surface area contributed by atoms with Crippen LogP contribution in [0.5, 0.6) is 0 Å². The normalized spacial score (nSPS) is 11.2. The fourth-order valence-electron chi connectivity index (χ4n) is 1.71. The average Bonchev–Trinajstić information content (AvgIpc) is 2.37. The molecule has 0 aliphatic heterocycles. The summed E-state index contributed by atoms with van der Waals surface area (Å²) in [6.45, 7) is 5.53. The quantitative estimate of drug-likeness (QED) is 0.771. The van der Waals surface area contributed by atoms with Gasteiger partial charge in [0.15, 0.2) is 0 Å². The topological polar surface area (TPSA) is 39.2 Å². The first-order valence-electron chi connectivity index (χ1n) is 6.29. The lowest BCUT2D eigenvalue weighted by Gasteiger charge is -2.19. The number of rotatable bonds is 2. The molecule has 0 aliphatic rings. The number of aromatic nitrogens is 1. The molecule has 0 saturated carbocycles. The number of carbonyl (C=O) groups is 1. The number of nitrogens with zero attached hydrogens (tertiary/aromatic N) is 1. The summed E-state index contributed by atoms with van der Waals surface area (Å²) < 4.78 is 5.32. The van der Waals surface area contributed by atoms with Crippen LogP contribution in [0.1, 0.15) is 31.1 Å². The van der Waals surface area contributed by atoms with E-state index >= 15 is 0 Å². The highest BCUT2D eigenvalue weighted by molar-refractivity contribution is 6.30. The van der Waals surface area contributed by atoms with Gasteiger partial charge in [-0.3, -0.25) is 4.98 Å². The van der Waals surface area contributed by atoms with E-state index in [2.05, 4.69) is 4.98 Å². The lowest BCUT2D eigenvalue weighted by molar-refractivity contribution is 0.00696. The minimum atomic E-state index is -0.493. The molecule has 0 bridgehead atoms. The summed E-state index contributed by atoms with van der Waals surface area (Å²) in [5.41, 5.74) is 1.89. The average molecular weight is 290 g/mol. The molecule has 0 N–H and O–H groups in total. The Kier molecular flexibility index (Phi) is 4.09. The van der Waals surface area contributed by atoms with Gasteiger partial charge in [0.25, 0.3) is 0 Å². The molecule has 20 heavy (non-hydrogen) atoms. The van der Waals surface area contributed by atoms with Gasteiger partial charge in [0.2, 0.25) is 0 Å². The van der Waals surface area contributed by atoms with Crippen molar-refractivity contribution in [1.29, 1.82) is 0 Å². The summed E-state index contributed by atoms with van der Waals surface area (Å²) in [6.07, 6.45) is 3.31. The Labute approximate surface area is 123 Å². The third kappa shape index (κ3) is 3.81. The molecule has 1 heterocycles. The summed E-state index contributed by atoms with van der Waals surface area (Å²) >= 11 is 5.91. The maximum atomic E-state index is 11.9. The molecule has 2 rings (SSSR count). The first-order valence-corrected chi connectivity index (χ1v) is 6.67. The Morgan fingerprint density at radius 2 is 1.75 bits per heavy atom. The zero-order valence-corrected chi connectivity index (χ0v) is 12.4. The van der Waals surface area contributed by atoms with Crippen molar-refractivity contribution in [3.63, 3.8) is 0 Å². The molecular formula is C16H16ClNO2. The molecule has 0 spiro atoms. The van der Waals surface area contributed by atoms with Crippen LogP contribution < -0.4 is 0 Å². The van der Waals surface area contributed by atoms with Gasteiger partial charge in [-0.2, -0.15) is 0 Å². The maximum absolute atomic E-state index is 11.9. The summed E-state index contributed by atoms with van der Waals surface area (Å²) in [5, 5.41) is 0.582. The Bertz CT molecular complexity index is 615. The summed E-state index contributed by atoms with van der Waals surface area (Å²) in [4.78, 5) is 15.9. The van der Waals surface area contributed by atoms with Crippen molar-refractivity contribution in [2.75, 3.05) is 0 Å². The van der Waals surface area contributed by atoms with E-state index in [-0.39, 0.29) is 5.97 Å². The lowest BCUT2D eigenvalue weighted by Crippen LogP contribution is -2.23. The molecule has 4 heteroatoms. The zero-order valence-electron chi connectivity index (χ0n) is 11.7. The smallest absolute Gasteiger partial charge is 0.338 e. The van der Waals surface area contributed by atoms with E-state index in [4.69, 9.17) is 16.3 Å². The molecular weight excluding hydrogens is 274 g/mol. The SMILES string of the molecule is CC(C)(C)OC(=O)c1ccc(-c2cncc(Cl)c2)cc1. The first kappa shape index (κ1) is 14.5. The van der Waals surface area contributed by atoms with Gasteiger partial charge in [-0.1, -0.05) is 23.7 Å². The largest absolute Gasteiger partial charge is 0.456 e. The van der Waals surface area contributed by atoms with Crippen LogP contribution in [0.4, 0.5) is 0 Å². The van der Waals surface area contributed by atoms with Crippen molar-refractivity contribution in [3.05, 3.63) is 53.3 Å². The minimum absolute atomic E-state index is 0.326. The molecule has 0 saturated heterocycles. The number of pyridine rings is 1. The molecule has 0 radical (unpaired) electrons. The fourth-order valence-corrected chi connectivity index (χ4v) is 1.88. The Hall–Kier alpha value is -1.87. The van der Waals surface area contributed by atoms with Crippen LogP contribution in [-0.4, -0.2) is 16.6 Å². The van der Waals surface area contributed by atoms with Crippen molar-refractivity contribution in [2.24, 2.45) is 0 Å². The molecule has 1 aromatic carbocycles. The van der Waals surface area contributed by atoms with Gasteiger partial charge in [-0.05, 0) is 44.5 Å². The third-order valence-corrected chi connectivity index (χ3v) is 2.76. The lowest BCUT2D eigenvalue weighted by atomic mass is 10.1. The van der Waals surface area contributed by atoms with Crippen LogP contribution in [0.2, 0.25) is 5.02 Å². The van der Waals surface area contributed by atoms with Crippen molar-refractivity contribution >= 4 is 17.6 Å². The van der Waals surface area contributed by atoms with Crippen LogP contribution in [0, 0.1) is 0 Å². The molecule has 0 fully saturated rings. The number of esters is 1. The molecule has 0 atom stereocenters. The van der Waals surface area contributed by atoms with Crippen LogP contribution in [0.3, 0.4) is 0 Å². The second-order valence-electron chi connectivity index (χ2n) is 5.47. The van der Waals surface area contributed by atoms with Gasteiger partial charge in [0.1, 0.15) is 5.60 Å². The number of carbonyl (C=O) groups excluding carboxylic acids is 1. The van der Waals surface area contributed by atoms with Crippen LogP contribution in [0.25, 0.3) is 11.1 Å². The Balaban J connectivity index is 2.20. The van der Waals surface area contributed by atoms with Gasteiger partial charge in [0, 0.05) is 18.0 Å². The minimum Gasteiger partial charge on any atom is -0.456 e. The summed E-state index contributed by atoms with van der Waals surface area (Å²) in [6, 6.07) is 9.02. The number of ether oxygens (including phenoxy) is 1. The highest BCUT2D eigenvalue weighted by atomic mass is 35.5.